The molecule has 0 fully saturated rings. The van der Waals surface area contributed by atoms with Crippen LogP contribution in [-0.2, 0) is 16.0 Å². The number of hydrogen-bond donors (Lipinski definition) is 1. The van der Waals surface area contributed by atoms with Gasteiger partial charge < -0.3 is 14.6 Å². The number of hydrogen-bond acceptors (Lipinski definition) is 4. The Kier molecular flexibility index (Phi) is 4.12. The summed E-state index contributed by atoms with van der Waals surface area (Å²) in [5.41, 5.74) is 0.826. The molecule has 0 aromatic heterocycles. The van der Waals surface area contributed by atoms with Gasteiger partial charge in [-0.25, -0.2) is 4.79 Å². The smallest absolute Gasteiger partial charge is 0.335 e. The Morgan fingerprint density at radius 2 is 2.20 bits per heavy atom. The zero-order chi connectivity index (χ0) is 11.3. The number of carbonyl (C=O) groups is 1. The van der Waals surface area contributed by atoms with E-state index in [-0.39, 0.29) is 6.42 Å². The molecule has 4 heteroatoms. The van der Waals surface area contributed by atoms with E-state index in [4.69, 9.17) is 4.74 Å². The Hall–Kier alpha value is -1.55. The Balaban J connectivity index is 2.67. The number of carbonyl (C=O) groups excluding carboxylic acids is 1. The number of rotatable bonds is 4. The minimum atomic E-state index is -1.12. The van der Waals surface area contributed by atoms with Gasteiger partial charge in [-0.1, -0.05) is 12.1 Å². The SMILES string of the molecule is COC(=O)C(O)Cc1cccc(OC)c1. The van der Waals surface area contributed by atoms with Crippen molar-refractivity contribution < 1.29 is 19.4 Å². The monoisotopic (exact) mass is 210 g/mol. The van der Waals surface area contributed by atoms with Crippen molar-refractivity contribution in [3.8, 4) is 5.75 Å². The third kappa shape index (κ3) is 3.25. The van der Waals surface area contributed by atoms with E-state index >= 15 is 0 Å². The van der Waals surface area contributed by atoms with Gasteiger partial charge in [0, 0.05) is 6.42 Å². The molecule has 0 radical (unpaired) electrons. The first-order valence-electron chi connectivity index (χ1n) is 4.56. The van der Waals surface area contributed by atoms with Crippen LogP contribution in [0.2, 0.25) is 0 Å². The van der Waals surface area contributed by atoms with Gasteiger partial charge in [0.1, 0.15) is 5.75 Å². The summed E-state index contributed by atoms with van der Waals surface area (Å²) in [5.74, 6) is 0.0717. The molecule has 0 bridgehead atoms. The number of aliphatic hydroxyl groups excluding tert-OH is 1. The Labute approximate surface area is 88.4 Å². The highest BCUT2D eigenvalue weighted by molar-refractivity contribution is 5.74. The van der Waals surface area contributed by atoms with Crippen molar-refractivity contribution in [2.45, 2.75) is 12.5 Å². The molecule has 0 aliphatic heterocycles. The first kappa shape index (κ1) is 11.5. The van der Waals surface area contributed by atoms with Gasteiger partial charge in [-0.3, -0.25) is 0 Å². The van der Waals surface area contributed by atoms with E-state index < -0.39 is 12.1 Å². The maximum Gasteiger partial charge on any atom is 0.335 e. The zero-order valence-corrected chi connectivity index (χ0v) is 8.77. The van der Waals surface area contributed by atoms with Crippen molar-refractivity contribution in [3.05, 3.63) is 29.8 Å². The third-order valence-electron chi connectivity index (χ3n) is 2.04. The van der Waals surface area contributed by atoms with Gasteiger partial charge in [-0.05, 0) is 17.7 Å². The maximum atomic E-state index is 11.0. The van der Waals surface area contributed by atoms with Gasteiger partial charge >= 0.3 is 5.97 Å². The van der Waals surface area contributed by atoms with Gasteiger partial charge in [-0.2, -0.15) is 0 Å². The minimum Gasteiger partial charge on any atom is -0.497 e. The second-order valence-electron chi connectivity index (χ2n) is 3.09. The predicted molar refractivity (Wildman–Crippen MR) is 54.7 cm³/mol. The van der Waals surface area contributed by atoms with Crippen LogP contribution in [0.15, 0.2) is 24.3 Å². The molecule has 1 aromatic carbocycles. The van der Waals surface area contributed by atoms with E-state index in [0.717, 1.165) is 5.56 Å². The Morgan fingerprint density at radius 3 is 2.80 bits per heavy atom. The first-order valence-corrected chi connectivity index (χ1v) is 4.56. The van der Waals surface area contributed by atoms with Crippen LogP contribution in [0.3, 0.4) is 0 Å². The van der Waals surface area contributed by atoms with Gasteiger partial charge in [0.25, 0.3) is 0 Å². The lowest BCUT2D eigenvalue weighted by molar-refractivity contribution is -0.150. The summed E-state index contributed by atoms with van der Waals surface area (Å²) in [4.78, 5) is 11.0. The molecule has 1 atom stereocenters. The third-order valence-corrected chi connectivity index (χ3v) is 2.04. The second kappa shape index (κ2) is 5.36. The Bertz CT molecular complexity index is 335. The van der Waals surface area contributed by atoms with Crippen molar-refractivity contribution >= 4 is 5.97 Å². The molecule has 15 heavy (non-hydrogen) atoms. The lowest BCUT2D eigenvalue weighted by Gasteiger charge is -2.08. The van der Waals surface area contributed by atoms with Crippen LogP contribution in [0.1, 0.15) is 5.56 Å². The van der Waals surface area contributed by atoms with Gasteiger partial charge in [0.15, 0.2) is 6.10 Å². The Morgan fingerprint density at radius 1 is 1.47 bits per heavy atom. The van der Waals surface area contributed by atoms with Gasteiger partial charge in [0.05, 0.1) is 14.2 Å². The average molecular weight is 210 g/mol. The number of methoxy groups -OCH3 is 2. The first-order chi connectivity index (χ1) is 7.17. The molecule has 82 valence electrons. The molecule has 4 nitrogen and oxygen atoms in total. The number of aliphatic hydroxyl groups is 1. The van der Waals surface area contributed by atoms with E-state index in [2.05, 4.69) is 4.74 Å². The molecule has 0 aliphatic carbocycles. The molecule has 0 spiro atoms. The lowest BCUT2D eigenvalue weighted by atomic mass is 10.1. The molecule has 1 unspecified atom stereocenters. The van der Waals surface area contributed by atoms with Crippen molar-refractivity contribution in [1.29, 1.82) is 0 Å². The molecular weight excluding hydrogens is 196 g/mol. The molecule has 1 N–H and O–H groups in total. The average Bonchev–Trinajstić information content (AvgIpc) is 2.28. The fourth-order valence-electron chi connectivity index (χ4n) is 1.24. The van der Waals surface area contributed by atoms with Crippen LogP contribution < -0.4 is 4.74 Å². The fraction of sp³-hybridized carbons (Fsp3) is 0.364. The standard InChI is InChI=1S/C11H14O4/c1-14-9-5-3-4-8(6-9)7-10(12)11(13)15-2/h3-6,10,12H,7H2,1-2H3. The molecule has 0 heterocycles. The summed E-state index contributed by atoms with van der Waals surface area (Å²) in [6.45, 7) is 0. The zero-order valence-electron chi connectivity index (χ0n) is 8.77. The summed E-state index contributed by atoms with van der Waals surface area (Å²) in [5, 5.41) is 9.42. The molecule has 0 aliphatic rings. The van der Waals surface area contributed by atoms with E-state index in [9.17, 15) is 9.90 Å². The number of esters is 1. The highest BCUT2D eigenvalue weighted by Gasteiger charge is 2.15. The second-order valence-corrected chi connectivity index (χ2v) is 3.09. The molecular formula is C11H14O4. The topological polar surface area (TPSA) is 55.8 Å². The largest absolute Gasteiger partial charge is 0.497 e. The summed E-state index contributed by atoms with van der Waals surface area (Å²) >= 11 is 0. The van der Waals surface area contributed by atoms with Crippen LogP contribution in [0.25, 0.3) is 0 Å². The van der Waals surface area contributed by atoms with Crippen molar-refractivity contribution in [1.82, 2.24) is 0 Å². The van der Waals surface area contributed by atoms with Crippen molar-refractivity contribution in [2.75, 3.05) is 14.2 Å². The van der Waals surface area contributed by atoms with Crippen molar-refractivity contribution in [2.24, 2.45) is 0 Å². The minimum absolute atomic E-state index is 0.226. The normalized spacial score (nSPS) is 11.9. The predicted octanol–water partition coefficient (Wildman–Crippen LogP) is 0.772. The van der Waals surface area contributed by atoms with E-state index in [1.165, 1.54) is 7.11 Å². The van der Waals surface area contributed by atoms with Crippen LogP contribution in [0, 0.1) is 0 Å². The maximum absolute atomic E-state index is 11.0. The number of benzene rings is 1. The molecule has 0 saturated carbocycles. The van der Waals surface area contributed by atoms with E-state index in [0.29, 0.717) is 5.75 Å². The van der Waals surface area contributed by atoms with E-state index in [1.807, 2.05) is 6.07 Å². The number of ether oxygens (including phenoxy) is 2. The summed E-state index contributed by atoms with van der Waals surface area (Å²) in [6, 6.07) is 7.19. The summed E-state index contributed by atoms with van der Waals surface area (Å²) in [6.07, 6.45) is -0.897. The quantitative estimate of drug-likeness (QED) is 0.746. The van der Waals surface area contributed by atoms with Crippen LogP contribution in [0.4, 0.5) is 0 Å². The summed E-state index contributed by atoms with van der Waals surface area (Å²) < 4.78 is 9.45. The van der Waals surface area contributed by atoms with Crippen molar-refractivity contribution in [3.63, 3.8) is 0 Å². The van der Waals surface area contributed by atoms with Crippen LogP contribution in [-0.4, -0.2) is 31.4 Å². The van der Waals surface area contributed by atoms with Gasteiger partial charge in [0.2, 0.25) is 0 Å². The van der Waals surface area contributed by atoms with Gasteiger partial charge in [-0.15, -0.1) is 0 Å². The molecule has 1 rings (SSSR count). The fourth-order valence-corrected chi connectivity index (χ4v) is 1.24. The van der Waals surface area contributed by atoms with Crippen LogP contribution >= 0.6 is 0 Å². The lowest BCUT2D eigenvalue weighted by Crippen LogP contribution is -2.24. The molecule has 0 saturated heterocycles. The highest BCUT2D eigenvalue weighted by Crippen LogP contribution is 2.14. The van der Waals surface area contributed by atoms with Crippen LogP contribution in [0.5, 0.6) is 5.75 Å². The highest BCUT2D eigenvalue weighted by atomic mass is 16.5. The molecule has 0 amide bonds. The summed E-state index contributed by atoms with van der Waals surface area (Å²) in [7, 11) is 2.81. The van der Waals surface area contributed by atoms with E-state index in [1.54, 1.807) is 25.3 Å². The molecule has 1 aromatic rings.